The van der Waals surface area contributed by atoms with Crippen LogP contribution in [0.15, 0.2) is 255 Å². The zero-order valence-electron chi connectivity index (χ0n) is 38.9. The van der Waals surface area contributed by atoms with Crippen molar-refractivity contribution in [1.29, 1.82) is 0 Å². The van der Waals surface area contributed by atoms with Gasteiger partial charge >= 0.3 is 6.85 Å². The van der Waals surface area contributed by atoms with Crippen LogP contribution in [0.2, 0.25) is 0 Å². The molecular weight excluding hydrogens is 790 g/mol. The van der Waals surface area contributed by atoms with Gasteiger partial charge < -0.3 is 4.81 Å². The Balaban J connectivity index is 1.18. The van der Waals surface area contributed by atoms with Gasteiger partial charge in [0.05, 0.1) is 16.5 Å². The first-order valence-corrected chi connectivity index (χ1v) is 23.8. The largest absolute Gasteiger partial charge is 0.361 e. The molecule has 0 saturated heterocycles. The van der Waals surface area contributed by atoms with Crippen LogP contribution in [-0.2, 0) is 0 Å². The number of aromatic nitrogens is 2. The molecule has 3 heterocycles. The quantitative estimate of drug-likeness (QED) is 0.112. The van der Waals surface area contributed by atoms with Gasteiger partial charge in [0, 0.05) is 22.0 Å². The molecule has 2 aromatic heterocycles. The van der Waals surface area contributed by atoms with Gasteiger partial charge in [-0.15, -0.1) is 0 Å². The van der Waals surface area contributed by atoms with Crippen molar-refractivity contribution in [2.24, 2.45) is 0 Å². The monoisotopic (exact) mass is 835 g/mol. The van der Waals surface area contributed by atoms with Gasteiger partial charge in [0.2, 0.25) is 0 Å². The highest BCUT2D eigenvalue weighted by Gasteiger charge is 2.42. The SMILES string of the molecule is [2H]c1c([2H])c([2H])c2c(c1[2H])c1ccccc1n2-c1cc(-c2cccc([Si](c3ccccc3)(c3ccccc3)c3ccccc3)c2)cc(N2B(c3ccccc3)c3ccccc3-c3ccccc32)n1. The second-order valence-corrected chi connectivity index (χ2v) is 20.2. The predicted molar refractivity (Wildman–Crippen MR) is 273 cm³/mol. The zero-order valence-corrected chi connectivity index (χ0v) is 35.9. The van der Waals surface area contributed by atoms with E-state index in [0.29, 0.717) is 22.5 Å². The summed E-state index contributed by atoms with van der Waals surface area (Å²) in [6.45, 7) is -0.256. The van der Waals surface area contributed by atoms with Crippen LogP contribution in [0.1, 0.15) is 5.48 Å². The van der Waals surface area contributed by atoms with Crippen LogP contribution < -0.4 is 36.5 Å². The molecule has 1 aliphatic rings. The van der Waals surface area contributed by atoms with Crippen LogP contribution in [0.3, 0.4) is 0 Å². The second-order valence-electron chi connectivity index (χ2n) is 16.4. The second kappa shape index (κ2) is 15.7. The van der Waals surface area contributed by atoms with Crippen LogP contribution in [0.25, 0.3) is 49.9 Å². The molecule has 1 aliphatic heterocycles. The Morgan fingerprint density at radius 1 is 0.422 bits per heavy atom. The maximum absolute atomic E-state index is 9.43. The Labute approximate surface area is 380 Å². The number of rotatable bonds is 8. The van der Waals surface area contributed by atoms with Gasteiger partial charge in [-0.1, -0.05) is 230 Å². The number of benzene rings is 9. The fourth-order valence-corrected chi connectivity index (χ4v) is 15.0. The van der Waals surface area contributed by atoms with E-state index in [4.69, 9.17) is 7.73 Å². The Hall–Kier alpha value is -7.99. The van der Waals surface area contributed by atoms with E-state index in [2.05, 4.69) is 205 Å². The first-order valence-electron chi connectivity index (χ1n) is 23.8. The molecule has 5 heteroatoms. The molecule has 0 amide bonds. The van der Waals surface area contributed by atoms with E-state index in [1.54, 1.807) is 0 Å². The third-order valence-corrected chi connectivity index (χ3v) is 17.7. The van der Waals surface area contributed by atoms with Crippen molar-refractivity contribution in [1.82, 2.24) is 9.55 Å². The van der Waals surface area contributed by atoms with Gasteiger partial charge in [0.15, 0.2) is 8.07 Å². The summed E-state index contributed by atoms with van der Waals surface area (Å²) < 4.78 is 38.2. The predicted octanol–water partition coefficient (Wildman–Crippen LogP) is 10.1. The topological polar surface area (TPSA) is 21.1 Å². The van der Waals surface area contributed by atoms with Crippen LogP contribution >= 0.6 is 0 Å². The average molecular weight is 836 g/mol. The Morgan fingerprint density at radius 2 is 0.984 bits per heavy atom. The molecule has 3 nitrogen and oxygen atoms in total. The molecule has 0 fully saturated rings. The summed E-state index contributed by atoms with van der Waals surface area (Å²) in [6.07, 6.45) is 0. The standard InChI is InChI=1S/C59H42BN3Si/c1-5-23-45(24-6-1)60-54-36-17-13-32-50(54)51-33-16-20-39-57(51)63(60)59-42-44(41-58(61-59)62-55-37-18-14-34-52(55)53-35-15-19-38-56(53)62)43-22-21-31-49(40-43)64(46-25-7-2-8-26-46,47-27-9-3-10-28-47)48-29-11-4-12-30-48/h1-42H/i14D,18D,34D,37D. The third kappa shape index (κ3) is 6.08. The highest BCUT2D eigenvalue weighted by atomic mass is 28.3. The number of nitrogens with zero attached hydrogens (tertiary/aromatic N) is 3. The summed E-state index contributed by atoms with van der Waals surface area (Å²) in [4.78, 5) is 8.01. The fraction of sp³-hybridized carbons (Fsp3) is 0. The molecule has 64 heavy (non-hydrogen) atoms. The van der Waals surface area contributed by atoms with Crippen LogP contribution in [0.5, 0.6) is 0 Å². The van der Waals surface area contributed by atoms with Crippen molar-refractivity contribution in [3.63, 3.8) is 0 Å². The van der Waals surface area contributed by atoms with E-state index in [0.717, 1.165) is 44.2 Å². The van der Waals surface area contributed by atoms with Crippen molar-refractivity contribution in [2.45, 2.75) is 0 Å². The number of para-hydroxylation sites is 3. The minimum absolute atomic E-state index is 0.0743. The third-order valence-electron chi connectivity index (χ3n) is 12.9. The molecule has 0 N–H and O–H groups in total. The summed E-state index contributed by atoms with van der Waals surface area (Å²) in [7, 11) is -2.93. The van der Waals surface area contributed by atoms with Crippen LogP contribution in [0.4, 0.5) is 11.5 Å². The van der Waals surface area contributed by atoms with Crippen molar-refractivity contribution >= 4 is 79.9 Å². The molecule has 0 radical (unpaired) electrons. The van der Waals surface area contributed by atoms with E-state index in [1.165, 1.54) is 26.3 Å². The number of pyridine rings is 1. The van der Waals surface area contributed by atoms with Crippen LogP contribution in [0, 0.1) is 0 Å². The average Bonchev–Trinajstić information content (AvgIpc) is 3.76. The summed E-state index contributed by atoms with van der Waals surface area (Å²) in [5.74, 6) is 1.24. The first-order chi connectivity index (χ1) is 33.4. The van der Waals surface area contributed by atoms with Crippen molar-refractivity contribution in [3.8, 4) is 28.1 Å². The van der Waals surface area contributed by atoms with E-state index >= 15 is 0 Å². The van der Waals surface area contributed by atoms with Crippen molar-refractivity contribution in [2.75, 3.05) is 4.81 Å². The lowest BCUT2D eigenvalue weighted by Crippen LogP contribution is -2.74. The summed E-state index contributed by atoms with van der Waals surface area (Å²) >= 11 is 0. The molecule has 9 aromatic carbocycles. The molecular formula is C59H42BN3Si. The van der Waals surface area contributed by atoms with E-state index < -0.39 is 8.07 Å². The fourth-order valence-electron chi connectivity index (χ4n) is 10.2. The Kier molecular flexibility index (Phi) is 8.26. The molecule has 0 unspecified atom stereocenters. The van der Waals surface area contributed by atoms with Gasteiger partial charge in [0.25, 0.3) is 0 Å². The lowest BCUT2D eigenvalue weighted by Gasteiger charge is -2.38. The van der Waals surface area contributed by atoms with E-state index in [1.807, 2.05) is 34.9 Å². The number of hydrogen-bond acceptors (Lipinski definition) is 2. The molecule has 300 valence electrons. The van der Waals surface area contributed by atoms with Gasteiger partial charge in [-0.05, 0) is 73.2 Å². The molecule has 0 spiro atoms. The van der Waals surface area contributed by atoms with Crippen molar-refractivity contribution < 1.29 is 5.48 Å². The van der Waals surface area contributed by atoms with Gasteiger partial charge in [0.1, 0.15) is 11.6 Å². The summed E-state index contributed by atoms with van der Waals surface area (Å²) in [6, 6.07) is 80.9. The smallest absolute Gasteiger partial charge is 0.330 e. The zero-order chi connectivity index (χ0) is 45.9. The molecule has 12 rings (SSSR count). The number of anilines is 2. The van der Waals surface area contributed by atoms with E-state index in [-0.39, 0.29) is 31.0 Å². The number of fused-ring (bicyclic) bond motifs is 6. The molecule has 0 aliphatic carbocycles. The Bertz CT molecular complexity index is 3610. The summed E-state index contributed by atoms with van der Waals surface area (Å²) in [5, 5.41) is 6.25. The number of hydrogen-bond donors (Lipinski definition) is 0. The highest BCUT2D eigenvalue weighted by molar-refractivity contribution is 7.19. The molecule has 0 atom stereocenters. The van der Waals surface area contributed by atoms with E-state index in [9.17, 15) is 2.74 Å². The lowest BCUT2D eigenvalue weighted by molar-refractivity contribution is 1.07. The van der Waals surface area contributed by atoms with Crippen LogP contribution in [-0.4, -0.2) is 24.5 Å². The Morgan fingerprint density at radius 3 is 1.70 bits per heavy atom. The van der Waals surface area contributed by atoms with Crippen molar-refractivity contribution in [3.05, 3.63) is 255 Å². The van der Waals surface area contributed by atoms with Gasteiger partial charge in [-0.25, -0.2) is 4.98 Å². The summed E-state index contributed by atoms with van der Waals surface area (Å²) in [5.41, 5.74) is 8.58. The molecule has 11 aromatic rings. The maximum Gasteiger partial charge on any atom is 0.330 e. The maximum atomic E-state index is 9.43. The lowest BCUT2D eigenvalue weighted by atomic mass is 9.46. The normalized spacial score (nSPS) is 13.2. The van der Waals surface area contributed by atoms with Gasteiger partial charge in [-0.3, -0.25) is 4.57 Å². The molecule has 0 saturated carbocycles. The molecule has 0 bridgehead atoms. The minimum atomic E-state index is -2.93. The first kappa shape index (κ1) is 33.6. The van der Waals surface area contributed by atoms with Gasteiger partial charge in [-0.2, -0.15) is 0 Å². The highest BCUT2D eigenvalue weighted by Crippen LogP contribution is 2.41. The minimum Gasteiger partial charge on any atom is -0.361 e.